The van der Waals surface area contributed by atoms with Crippen molar-refractivity contribution >= 4 is 29.7 Å². The number of aliphatic hydroxyl groups excluding tert-OH is 1. The lowest BCUT2D eigenvalue weighted by molar-refractivity contribution is -0.142. The standard InChI is InChI=1S/C15H26N4O8/c1-3-7(2)12(19-13(25)8(16)6-20)15(27)18-9(4-10(21)22)14(26)17-5-11(23)24/h7-9,12,20H,3-6,16H2,1-2H3,(H,17,26)(H,18,27)(H,19,25)(H,21,22)(H,23,24). The van der Waals surface area contributed by atoms with Crippen LogP contribution in [0.2, 0.25) is 0 Å². The molecule has 0 aromatic rings. The number of nitrogens with two attached hydrogens (primary N) is 1. The monoisotopic (exact) mass is 390 g/mol. The quantitative estimate of drug-likeness (QED) is 0.181. The van der Waals surface area contributed by atoms with Gasteiger partial charge in [0.1, 0.15) is 24.7 Å². The fraction of sp³-hybridized carbons (Fsp3) is 0.667. The predicted molar refractivity (Wildman–Crippen MR) is 91.3 cm³/mol. The molecule has 0 aromatic heterocycles. The Morgan fingerprint density at radius 1 is 0.963 bits per heavy atom. The first-order valence-corrected chi connectivity index (χ1v) is 8.21. The summed E-state index contributed by atoms with van der Waals surface area (Å²) in [6, 6.07) is -3.92. The van der Waals surface area contributed by atoms with E-state index in [1.807, 2.05) is 5.32 Å². The van der Waals surface area contributed by atoms with Gasteiger partial charge in [0.05, 0.1) is 13.0 Å². The first-order valence-electron chi connectivity index (χ1n) is 8.21. The van der Waals surface area contributed by atoms with Gasteiger partial charge in [0.2, 0.25) is 17.7 Å². The molecule has 4 unspecified atom stereocenters. The van der Waals surface area contributed by atoms with E-state index in [0.29, 0.717) is 6.42 Å². The first kappa shape index (κ1) is 24.3. The summed E-state index contributed by atoms with van der Waals surface area (Å²) in [5.74, 6) is -5.74. The fourth-order valence-corrected chi connectivity index (χ4v) is 1.98. The molecule has 3 amide bonds. The van der Waals surface area contributed by atoms with Crippen molar-refractivity contribution in [2.45, 2.75) is 44.8 Å². The molecule has 0 saturated carbocycles. The Balaban J connectivity index is 5.28. The van der Waals surface area contributed by atoms with Gasteiger partial charge in [-0.3, -0.25) is 24.0 Å². The average Bonchev–Trinajstić information content (AvgIpc) is 2.61. The molecule has 0 aromatic carbocycles. The number of carbonyl (C=O) groups is 5. The lowest BCUT2D eigenvalue weighted by Crippen LogP contribution is -2.58. The molecule has 12 nitrogen and oxygen atoms in total. The molecule has 8 N–H and O–H groups in total. The van der Waals surface area contributed by atoms with Crippen LogP contribution in [0.1, 0.15) is 26.7 Å². The Bertz CT molecular complexity index is 568. The number of amides is 3. The number of rotatable bonds is 12. The minimum atomic E-state index is -1.54. The third-order valence-electron chi connectivity index (χ3n) is 3.75. The summed E-state index contributed by atoms with van der Waals surface area (Å²) in [6.45, 7) is 2.00. The van der Waals surface area contributed by atoms with Crippen molar-refractivity contribution in [3.05, 3.63) is 0 Å². The van der Waals surface area contributed by atoms with Crippen LogP contribution in [0.15, 0.2) is 0 Å². The molecule has 4 atom stereocenters. The second-order valence-corrected chi connectivity index (χ2v) is 5.93. The van der Waals surface area contributed by atoms with Gasteiger partial charge in [-0.05, 0) is 5.92 Å². The van der Waals surface area contributed by atoms with E-state index in [0.717, 1.165) is 0 Å². The van der Waals surface area contributed by atoms with E-state index in [2.05, 4.69) is 10.6 Å². The molecule has 0 aliphatic heterocycles. The number of carbonyl (C=O) groups excluding carboxylic acids is 3. The van der Waals surface area contributed by atoms with Crippen LogP contribution in [0.3, 0.4) is 0 Å². The number of aliphatic carboxylic acids is 2. The normalized spacial score (nSPS) is 15.0. The van der Waals surface area contributed by atoms with Crippen LogP contribution in [-0.4, -0.2) is 76.3 Å². The third-order valence-corrected chi connectivity index (χ3v) is 3.75. The van der Waals surface area contributed by atoms with Crippen molar-refractivity contribution in [2.75, 3.05) is 13.2 Å². The number of hydrogen-bond acceptors (Lipinski definition) is 7. The molecule has 0 spiro atoms. The van der Waals surface area contributed by atoms with Crippen molar-refractivity contribution in [3.63, 3.8) is 0 Å². The molecule has 0 heterocycles. The van der Waals surface area contributed by atoms with Crippen molar-refractivity contribution in [1.29, 1.82) is 0 Å². The molecule has 0 radical (unpaired) electrons. The van der Waals surface area contributed by atoms with Gasteiger partial charge < -0.3 is 37.0 Å². The van der Waals surface area contributed by atoms with Crippen LogP contribution < -0.4 is 21.7 Å². The van der Waals surface area contributed by atoms with E-state index >= 15 is 0 Å². The smallest absolute Gasteiger partial charge is 0.322 e. The van der Waals surface area contributed by atoms with Gasteiger partial charge in [-0.2, -0.15) is 0 Å². The molecule has 0 aliphatic carbocycles. The minimum absolute atomic E-state index is 0.396. The second kappa shape index (κ2) is 11.8. The Hall–Kier alpha value is -2.73. The topological polar surface area (TPSA) is 208 Å². The number of nitrogens with one attached hydrogen (secondary N) is 3. The zero-order chi connectivity index (χ0) is 21.1. The Morgan fingerprint density at radius 2 is 1.56 bits per heavy atom. The van der Waals surface area contributed by atoms with E-state index < -0.39 is 73.3 Å². The van der Waals surface area contributed by atoms with Crippen LogP contribution in [0, 0.1) is 5.92 Å². The van der Waals surface area contributed by atoms with Crippen molar-refractivity contribution in [3.8, 4) is 0 Å². The molecule has 0 bridgehead atoms. The number of carboxylic acid groups (broad SMARTS) is 2. The summed E-state index contributed by atoms with van der Waals surface area (Å²) < 4.78 is 0. The van der Waals surface area contributed by atoms with E-state index in [1.54, 1.807) is 13.8 Å². The summed E-state index contributed by atoms with van der Waals surface area (Å²) in [5.41, 5.74) is 5.40. The molecule has 154 valence electrons. The SMILES string of the molecule is CCC(C)C(NC(=O)C(N)CO)C(=O)NC(CC(=O)O)C(=O)NCC(=O)O. The fourth-order valence-electron chi connectivity index (χ4n) is 1.98. The number of aliphatic hydroxyl groups is 1. The maximum Gasteiger partial charge on any atom is 0.322 e. The zero-order valence-electron chi connectivity index (χ0n) is 15.1. The molecular formula is C15H26N4O8. The highest BCUT2D eigenvalue weighted by Crippen LogP contribution is 2.09. The van der Waals surface area contributed by atoms with Gasteiger partial charge in [0.15, 0.2) is 0 Å². The van der Waals surface area contributed by atoms with Crippen LogP contribution in [0.5, 0.6) is 0 Å². The van der Waals surface area contributed by atoms with Crippen LogP contribution >= 0.6 is 0 Å². The summed E-state index contributed by atoms with van der Waals surface area (Å²) >= 11 is 0. The average molecular weight is 390 g/mol. The van der Waals surface area contributed by atoms with E-state index in [4.69, 9.17) is 21.1 Å². The van der Waals surface area contributed by atoms with E-state index in [-0.39, 0.29) is 0 Å². The van der Waals surface area contributed by atoms with Gasteiger partial charge in [0, 0.05) is 0 Å². The van der Waals surface area contributed by atoms with Gasteiger partial charge >= 0.3 is 11.9 Å². The lowest BCUT2D eigenvalue weighted by Gasteiger charge is -2.26. The van der Waals surface area contributed by atoms with E-state index in [1.165, 1.54) is 0 Å². The van der Waals surface area contributed by atoms with Crippen LogP contribution in [0.25, 0.3) is 0 Å². The summed E-state index contributed by atoms with van der Waals surface area (Å²) in [5, 5.41) is 33.0. The molecular weight excluding hydrogens is 364 g/mol. The summed E-state index contributed by atoms with van der Waals surface area (Å²) in [7, 11) is 0. The molecule has 0 aliphatic rings. The van der Waals surface area contributed by atoms with Crippen LogP contribution in [0.4, 0.5) is 0 Å². The predicted octanol–water partition coefficient (Wildman–Crippen LogP) is -3.00. The summed E-state index contributed by atoms with van der Waals surface area (Å²) in [4.78, 5) is 57.8. The van der Waals surface area contributed by atoms with Gasteiger partial charge in [-0.25, -0.2) is 0 Å². The Labute approximate surface area is 155 Å². The van der Waals surface area contributed by atoms with Gasteiger partial charge in [-0.1, -0.05) is 20.3 Å². The minimum Gasteiger partial charge on any atom is -0.481 e. The molecule has 12 heteroatoms. The van der Waals surface area contributed by atoms with Crippen molar-refractivity contribution in [1.82, 2.24) is 16.0 Å². The highest BCUT2D eigenvalue weighted by Gasteiger charge is 2.31. The highest BCUT2D eigenvalue weighted by molar-refractivity contribution is 5.95. The van der Waals surface area contributed by atoms with E-state index in [9.17, 15) is 24.0 Å². The van der Waals surface area contributed by atoms with Gasteiger partial charge in [-0.15, -0.1) is 0 Å². The largest absolute Gasteiger partial charge is 0.481 e. The number of hydrogen-bond donors (Lipinski definition) is 7. The zero-order valence-corrected chi connectivity index (χ0v) is 15.1. The molecule has 0 saturated heterocycles. The lowest BCUT2D eigenvalue weighted by atomic mass is 9.97. The number of carboxylic acids is 2. The molecule has 0 fully saturated rings. The van der Waals surface area contributed by atoms with Crippen LogP contribution in [-0.2, 0) is 24.0 Å². The highest BCUT2D eigenvalue weighted by atomic mass is 16.4. The van der Waals surface area contributed by atoms with Gasteiger partial charge in [0.25, 0.3) is 0 Å². The summed E-state index contributed by atoms with van der Waals surface area (Å²) in [6.07, 6.45) is -0.323. The Kier molecular flexibility index (Phi) is 10.6. The third kappa shape index (κ3) is 8.96. The molecule has 27 heavy (non-hydrogen) atoms. The second-order valence-electron chi connectivity index (χ2n) is 5.93. The Morgan fingerprint density at radius 3 is 2.00 bits per heavy atom. The first-order chi connectivity index (χ1) is 12.5. The van der Waals surface area contributed by atoms with Crippen molar-refractivity contribution in [2.24, 2.45) is 11.7 Å². The molecule has 0 rings (SSSR count). The van der Waals surface area contributed by atoms with Crippen molar-refractivity contribution < 1.29 is 39.3 Å². The maximum atomic E-state index is 12.5. The maximum absolute atomic E-state index is 12.5.